The highest BCUT2D eigenvalue weighted by molar-refractivity contribution is 5.34. The van der Waals surface area contributed by atoms with Gasteiger partial charge in [0.1, 0.15) is 18.5 Å². The summed E-state index contributed by atoms with van der Waals surface area (Å²) in [6.45, 7) is 5.02. The second-order valence-corrected chi connectivity index (χ2v) is 4.70. The smallest absolute Gasteiger partial charge is 0.119 e. The van der Waals surface area contributed by atoms with Gasteiger partial charge in [0.15, 0.2) is 0 Å². The minimum Gasteiger partial charge on any atom is -0.491 e. The van der Waals surface area contributed by atoms with Gasteiger partial charge in [0, 0.05) is 12.6 Å². The van der Waals surface area contributed by atoms with Gasteiger partial charge in [0.05, 0.1) is 11.6 Å². The topological polar surface area (TPSA) is 65.3 Å². The molecule has 0 aliphatic heterocycles. The molecule has 4 nitrogen and oxygen atoms in total. The van der Waals surface area contributed by atoms with Crippen molar-refractivity contribution in [2.45, 2.75) is 38.8 Å². The summed E-state index contributed by atoms with van der Waals surface area (Å²) < 4.78 is 5.46. The molecule has 0 radical (unpaired) electrons. The minimum absolute atomic E-state index is 0.248. The fraction of sp³-hybridized carbons (Fsp3) is 0.533. The largest absolute Gasteiger partial charge is 0.491 e. The first-order valence-electron chi connectivity index (χ1n) is 6.70. The highest BCUT2D eigenvalue weighted by atomic mass is 16.5. The summed E-state index contributed by atoms with van der Waals surface area (Å²) >= 11 is 0. The molecule has 1 rings (SSSR count). The maximum atomic E-state index is 9.79. The molecule has 0 bridgehead atoms. The van der Waals surface area contributed by atoms with Crippen molar-refractivity contribution in [3.8, 4) is 11.8 Å². The van der Waals surface area contributed by atoms with Crippen LogP contribution in [0.4, 0.5) is 0 Å². The number of ether oxygens (including phenoxy) is 1. The maximum absolute atomic E-state index is 9.79. The molecule has 0 spiro atoms. The summed E-state index contributed by atoms with van der Waals surface area (Å²) in [7, 11) is 0. The molecule has 104 valence electrons. The van der Waals surface area contributed by atoms with E-state index in [1.165, 1.54) is 0 Å². The number of hydrogen-bond acceptors (Lipinski definition) is 4. The van der Waals surface area contributed by atoms with E-state index in [1.807, 2.05) is 6.07 Å². The Labute approximate surface area is 115 Å². The van der Waals surface area contributed by atoms with Crippen LogP contribution in [0.5, 0.6) is 5.75 Å². The quantitative estimate of drug-likeness (QED) is 0.753. The normalized spacial score (nSPS) is 13.6. The molecule has 0 amide bonds. The molecule has 1 aromatic rings. The average Bonchev–Trinajstić information content (AvgIpc) is 2.44. The summed E-state index contributed by atoms with van der Waals surface area (Å²) in [5, 5.41) is 21.7. The second-order valence-electron chi connectivity index (χ2n) is 4.70. The van der Waals surface area contributed by atoms with Crippen LogP contribution in [-0.4, -0.2) is 30.4 Å². The van der Waals surface area contributed by atoms with E-state index in [4.69, 9.17) is 10.00 Å². The lowest BCUT2D eigenvalue weighted by atomic mass is 10.2. The summed E-state index contributed by atoms with van der Waals surface area (Å²) in [5.74, 6) is 0.666. The standard InChI is InChI=1S/C15H22N2O2/c1-3-4-12(2)17-10-14(18)11-19-15-7-5-13(9-16)6-8-15/h5-8,12,14,17-18H,3-4,10-11H2,1-2H3/t12-,14+/m0/s1. The van der Waals surface area contributed by atoms with Crippen molar-refractivity contribution >= 4 is 0 Å². The Morgan fingerprint density at radius 3 is 2.63 bits per heavy atom. The van der Waals surface area contributed by atoms with E-state index >= 15 is 0 Å². The number of aliphatic hydroxyl groups is 1. The van der Waals surface area contributed by atoms with Crippen molar-refractivity contribution in [1.29, 1.82) is 5.26 Å². The van der Waals surface area contributed by atoms with Crippen molar-refractivity contribution < 1.29 is 9.84 Å². The number of hydrogen-bond donors (Lipinski definition) is 2. The van der Waals surface area contributed by atoms with E-state index in [0.29, 0.717) is 23.9 Å². The Bertz CT molecular complexity index is 398. The first-order valence-corrected chi connectivity index (χ1v) is 6.70. The fourth-order valence-corrected chi connectivity index (χ4v) is 1.75. The van der Waals surface area contributed by atoms with Crippen LogP contribution >= 0.6 is 0 Å². The van der Waals surface area contributed by atoms with Gasteiger partial charge in [-0.15, -0.1) is 0 Å². The number of nitrogens with one attached hydrogen (secondary N) is 1. The fourth-order valence-electron chi connectivity index (χ4n) is 1.75. The zero-order chi connectivity index (χ0) is 14.1. The first kappa shape index (κ1) is 15.5. The zero-order valence-corrected chi connectivity index (χ0v) is 11.6. The molecule has 0 fully saturated rings. The molecule has 0 saturated heterocycles. The summed E-state index contributed by atoms with van der Waals surface area (Å²) in [6, 6.07) is 9.32. The van der Waals surface area contributed by atoms with Crippen molar-refractivity contribution in [2.75, 3.05) is 13.2 Å². The molecular formula is C15H22N2O2. The number of nitriles is 1. The SMILES string of the molecule is CCC[C@H](C)NC[C@@H](O)COc1ccc(C#N)cc1. The summed E-state index contributed by atoms with van der Waals surface area (Å²) in [4.78, 5) is 0. The van der Waals surface area contributed by atoms with Gasteiger partial charge in [0.25, 0.3) is 0 Å². The number of rotatable bonds is 8. The van der Waals surface area contributed by atoms with E-state index < -0.39 is 6.10 Å². The summed E-state index contributed by atoms with van der Waals surface area (Å²) in [5.41, 5.74) is 0.600. The predicted octanol–water partition coefficient (Wildman–Crippen LogP) is 2.08. The van der Waals surface area contributed by atoms with Crippen molar-refractivity contribution in [1.82, 2.24) is 5.32 Å². The van der Waals surface area contributed by atoms with Gasteiger partial charge in [-0.25, -0.2) is 0 Å². The number of aliphatic hydroxyl groups excluding tert-OH is 1. The molecule has 2 atom stereocenters. The van der Waals surface area contributed by atoms with E-state index in [-0.39, 0.29) is 6.61 Å². The predicted molar refractivity (Wildman–Crippen MR) is 75.0 cm³/mol. The number of nitrogens with zero attached hydrogens (tertiary/aromatic N) is 1. The molecule has 0 aliphatic carbocycles. The van der Waals surface area contributed by atoms with Gasteiger partial charge in [-0.05, 0) is 37.6 Å². The molecule has 1 aromatic carbocycles. The first-order chi connectivity index (χ1) is 9.15. The Morgan fingerprint density at radius 2 is 2.05 bits per heavy atom. The number of benzene rings is 1. The van der Waals surface area contributed by atoms with E-state index in [1.54, 1.807) is 24.3 Å². The maximum Gasteiger partial charge on any atom is 0.119 e. The van der Waals surface area contributed by atoms with E-state index in [9.17, 15) is 5.11 Å². The molecule has 0 saturated carbocycles. The van der Waals surface area contributed by atoms with Crippen molar-refractivity contribution in [2.24, 2.45) is 0 Å². The van der Waals surface area contributed by atoms with Gasteiger partial charge in [-0.1, -0.05) is 13.3 Å². The molecule has 0 aromatic heterocycles. The van der Waals surface area contributed by atoms with E-state index in [0.717, 1.165) is 12.8 Å². The van der Waals surface area contributed by atoms with Crippen molar-refractivity contribution in [3.05, 3.63) is 29.8 Å². The molecule has 19 heavy (non-hydrogen) atoms. The second kappa shape index (κ2) is 8.52. The van der Waals surface area contributed by atoms with Crippen LogP contribution in [0.25, 0.3) is 0 Å². The minimum atomic E-state index is -0.532. The Hall–Kier alpha value is -1.57. The lowest BCUT2D eigenvalue weighted by molar-refractivity contribution is 0.104. The molecular weight excluding hydrogens is 240 g/mol. The lowest BCUT2D eigenvalue weighted by Crippen LogP contribution is -2.36. The summed E-state index contributed by atoms with van der Waals surface area (Å²) in [6.07, 6.45) is 1.70. The molecule has 2 N–H and O–H groups in total. The Morgan fingerprint density at radius 1 is 1.37 bits per heavy atom. The third-order valence-corrected chi connectivity index (χ3v) is 2.85. The third-order valence-electron chi connectivity index (χ3n) is 2.85. The van der Waals surface area contributed by atoms with Gasteiger partial charge in [0.2, 0.25) is 0 Å². The van der Waals surface area contributed by atoms with Gasteiger partial charge >= 0.3 is 0 Å². The van der Waals surface area contributed by atoms with Crippen LogP contribution in [0.1, 0.15) is 32.3 Å². The highest BCUT2D eigenvalue weighted by Crippen LogP contribution is 2.11. The zero-order valence-electron chi connectivity index (χ0n) is 11.6. The van der Waals surface area contributed by atoms with Crippen molar-refractivity contribution in [3.63, 3.8) is 0 Å². The third kappa shape index (κ3) is 6.23. The van der Waals surface area contributed by atoms with Gasteiger partial charge < -0.3 is 15.2 Å². The highest BCUT2D eigenvalue weighted by Gasteiger charge is 2.07. The Kier molecular flexibility index (Phi) is 6.94. The van der Waals surface area contributed by atoms with Crippen LogP contribution in [0, 0.1) is 11.3 Å². The van der Waals surface area contributed by atoms with Gasteiger partial charge in [-0.3, -0.25) is 0 Å². The van der Waals surface area contributed by atoms with Crippen LogP contribution in [0.15, 0.2) is 24.3 Å². The molecule has 4 heteroatoms. The molecule has 0 unspecified atom stereocenters. The molecule has 0 heterocycles. The van der Waals surface area contributed by atoms with Crippen LogP contribution in [-0.2, 0) is 0 Å². The van der Waals surface area contributed by atoms with Crippen LogP contribution in [0.3, 0.4) is 0 Å². The van der Waals surface area contributed by atoms with Gasteiger partial charge in [-0.2, -0.15) is 5.26 Å². The van der Waals surface area contributed by atoms with Crippen LogP contribution in [0.2, 0.25) is 0 Å². The average molecular weight is 262 g/mol. The Balaban J connectivity index is 2.25. The van der Waals surface area contributed by atoms with E-state index in [2.05, 4.69) is 19.2 Å². The molecule has 0 aliphatic rings. The van der Waals surface area contributed by atoms with Crippen LogP contribution < -0.4 is 10.1 Å². The monoisotopic (exact) mass is 262 g/mol. The lowest BCUT2D eigenvalue weighted by Gasteiger charge is -2.17.